The highest BCUT2D eigenvalue weighted by atomic mass is 15.3. The summed E-state index contributed by atoms with van der Waals surface area (Å²) in [7, 11) is 2.16. The molecule has 0 radical (unpaired) electrons. The summed E-state index contributed by atoms with van der Waals surface area (Å²) in [4.78, 5) is 26.8. The summed E-state index contributed by atoms with van der Waals surface area (Å²) in [6.07, 6.45) is 9.31. The molecular formula is C30H30N10. The number of imidazole rings is 1. The predicted molar refractivity (Wildman–Crippen MR) is 157 cm³/mol. The van der Waals surface area contributed by atoms with E-state index in [2.05, 4.69) is 83.7 Å². The van der Waals surface area contributed by atoms with Crippen LogP contribution in [0.25, 0.3) is 44.7 Å². The van der Waals surface area contributed by atoms with E-state index in [-0.39, 0.29) is 0 Å². The largest absolute Gasteiger partial charge is 0.366 e. The molecule has 10 nitrogen and oxygen atoms in total. The topological polar surface area (TPSA) is 115 Å². The molecule has 10 heteroatoms. The third-order valence-electron chi connectivity index (χ3n) is 7.48. The van der Waals surface area contributed by atoms with Crippen LogP contribution in [-0.4, -0.2) is 73.2 Å². The first-order chi connectivity index (χ1) is 19.7. The van der Waals surface area contributed by atoms with Crippen LogP contribution in [0, 0.1) is 0 Å². The number of hydrogen-bond donors (Lipinski definition) is 3. The second-order valence-electron chi connectivity index (χ2n) is 10.3. The number of anilines is 1. The minimum atomic E-state index is 0.707. The van der Waals surface area contributed by atoms with Gasteiger partial charge in [-0.3, -0.25) is 20.1 Å². The van der Waals surface area contributed by atoms with Gasteiger partial charge in [-0.25, -0.2) is 4.98 Å². The number of aromatic amines is 2. The lowest BCUT2D eigenvalue weighted by Gasteiger charge is -2.33. The first kappa shape index (κ1) is 24.4. The number of H-pyrrole nitrogens is 2. The molecule has 0 atom stereocenters. The summed E-state index contributed by atoms with van der Waals surface area (Å²) in [5.74, 6) is 0.707. The van der Waals surface area contributed by atoms with Gasteiger partial charge in [0.25, 0.3) is 0 Å². The van der Waals surface area contributed by atoms with Gasteiger partial charge in [-0.05, 0) is 30.3 Å². The van der Waals surface area contributed by atoms with Gasteiger partial charge in [0, 0.05) is 62.6 Å². The van der Waals surface area contributed by atoms with Crippen LogP contribution in [0.5, 0.6) is 0 Å². The summed E-state index contributed by atoms with van der Waals surface area (Å²) in [5, 5.41) is 12.2. The number of likely N-dealkylation sites (N-methyl/N-ethyl adjacent to an activating group) is 1. The SMILES string of the molecule is CN1CCN(c2cncc3[nH]c(-c4n[nH]c5cnc(-c6cncc(CNCc7ccccc7)c6)cc45)nc23)CC1. The lowest BCUT2D eigenvalue weighted by molar-refractivity contribution is 0.313. The van der Waals surface area contributed by atoms with Crippen molar-refractivity contribution in [3.8, 4) is 22.8 Å². The molecule has 0 spiro atoms. The first-order valence-electron chi connectivity index (χ1n) is 13.5. The second kappa shape index (κ2) is 10.5. The van der Waals surface area contributed by atoms with Crippen molar-refractivity contribution in [2.75, 3.05) is 38.1 Å². The normalized spacial score (nSPS) is 14.4. The Morgan fingerprint density at radius 2 is 1.68 bits per heavy atom. The number of fused-ring (bicyclic) bond motifs is 2. The number of benzene rings is 1. The third kappa shape index (κ3) is 4.78. The van der Waals surface area contributed by atoms with Gasteiger partial charge in [0.05, 0.1) is 41.0 Å². The van der Waals surface area contributed by atoms with E-state index in [1.807, 2.05) is 37.1 Å². The van der Waals surface area contributed by atoms with Crippen LogP contribution in [0.1, 0.15) is 11.1 Å². The fraction of sp³-hybridized carbons (Fsp3) is 0.233. The highest BCUT2D eigenvalue weighted by molar-refractivity contribution is 5.96. The molecule has 6 heterocycles. The van der Waals surface area contributed by atoms with E-state index in [0.29, 0.717) is 5.82 Å². The maximum atomic E-state index is 5.00. The molecule has 0 unspecified atom stereocenters. The van der Waals surface area contributed by atoms with Crippen molar-refractivity contribution in [1.29, 1.82) is 0 Å². The van der Waals surface area contributed by atoms with Crippen molar-refractivity contribution in [1.82, 2.24) is 45.3 Å². The maximum Gasteiger partial charge on any atom is 0.159 e. The molecule has 200 valence electrons. The number of nitrogens with one attached hydrogen (secondary N) is 3. The molecule has 0 saturated carbocycles. The number of hydrogen-bond acceptors (Lipinski definition) is 8. The van der Waals surface area contributed by atoms with Gasteiger partial charge in [-0.2, -0.15) is 5.10 Å². The zero-order valence-corrected chi connectivity index (χ0v) is 22.3. The van der Waals surface area contributed by atoms with Crippen LogP contribution in [0.3, 0.4) is 0 Å². The smallest absolute Gasteiger partial charge is 0.159 e. The lowest BCUT2D eigenvalue weighted by Crippen LogP contribution is -2.44. The lowest BCUT2D eigenvalue weighted by atomic mass is 10.1. The quantitative estimate of drug-likeness (QED) is 0.284. The number of pyridine rings is 3. The number of rotatable bonds is 7. The molecule has 3 N–H and O–H groups in total. The zero-order valence-electron chi connectivity index (χ0n) is 22.3. The minimum absolute atomic E-state index is 0.707. The molecule has 7 rings (SSSR count). The van der Waals surface area contributed by atoms with Crippen molar-refractivity contribution in [3.05, 3.63) is 84.6 Å². The molecule has 1 aliphatic heterocycles. The third-order valence-corrected chi connectivity index (χ3v) is 7.48. The Kier molecular flexibility index (Phi) is 6.39. The number of piperazine rings is 1. The van der Waals surface area contributed by atoms with Crippen LogP contribution < -0.4 is 10.2 Å². The Morgan fingerprint density at radius 1 is 0.850 bits per heavy atom. The minimum Gasteiger partial charge on any atom is -0.366 e. The Morgan fingerprint density at radius 3 is 2.55 bits per heavy atom. The molecule has 5 aromatic heterocycles. The summed E-state index contributed by atoms with van der Waals surface area (Å²) in [5.41, 5.74) is 8.63. The van der Waals surface area contributed by atoms with Gasteiger partial charge in [0.1, 0.15) is 11.2 Å². The predicted octanol–water partition coefficient (Wildman–Crippen LogP) is 4.00. The molecule has 0 aliphatic carbocycles. The Labute approximate surface area is 231 Å². The molecule has 1 aromatic carbocycles. The molecule has 1 fully saturated rings. The van der Waals surface area contributed by atoms with Crippen LogP contribution >= 0.6 is 0 Å². The monoisotopic (exact) mass is 530 g/mol. The summed E-state index contributed by atoms with van der Waals surface area (Å²) in [6.45, 7) is 5.47. The van der Waals surface area contributed by atoms with Crippen LogP contribution in [-0.2, 0) is 13.1 Å². The van der Waals surface area contributed by atoms with Gasteiger partial charge in [-0.15, -0.1) is 0 Å². The molecule has 1 saturated heterocycles. The van der Waals surface area contributed by atoms with Gasteiger partial charge in [0.2, 0.25) is 0 Å². The number of nitrogens with zero attached hydrogens (tertiary/aromatic N) is 7. The molecule has 40 heavy (non-hydrogen) atoms. The molecule has 0 amide bonds. The second-order valence-corrected chi connectivity index (χ2v) is 10.3. The van der Waals surface area contributed by atoms with E-state index in [1.54, 1.807) is 0 Å². The van der Waals surface area contributed by atoms with Gasteiger partial charge >= 0.3 is 0 Å². The van der Waals surface area contributed by atoms with E-state index < -0.39 is 0 Å². The Hall–Kier alpha value is -4.67. The van der Waals surface area contributed by atoms with E-state index in [9.17, 15) is 0 Å². The van der Waals surface area contributed by atoms with Gasteiger partial charge < -0.3 is 20.1 Å². The zero-order chi connectivity index (χ0) is 26.9. The average Bonchev–Trinajstić information content (AvgIpc) is 3.62. The van der Waals surface area contributed by atoms with Gasteiger partial charge in [0.15, 0.2) is 5.82 Å². The molecular weight excluding hydrogens is 500 g/mol. The molecule has 6 aromatic rings. The van der Waals surface area contributed by atoms with E-state index in [1.165, 1.54) is 5.56 Å². The van der Waals surface area contributed by atoms with E-state index in [0.717, 1.165) is 89.4 Å². The van der Waals surface area contributed by atoms with Crippen molar-refractivity contribution >= 4 is 27.6 Å². The van der Waals surface area contributed by atoms with E-state index >= 15 is 0 Å². The number of aromatic nitrogens is 7. The standard InChI is InChI=1S/C30H30N10/c1-39-7-9-40(10-8-39)27-19-33-17-26-29(27)36-30(35-26)28-23-12-24(34-18-25(23)37-38-28)22-11-21(15-32-16-22)14-31-13-20-5-3-2-4-6-20/h2-6,11-12,15-19,31H,7-10,13-14H2,1H3,(H,35,36)(H,37,38). The highest BCUT2D eigenvalue weighted by Gasteiger charge is 2.20. The Balaban J connectivity index is 1.17. The van der Waals surface area contributed by atoms with Crippen molar-refractivity contribution in [3.63, 3.8) is 0 Å². The maximum absolute atomic E-state index is 5.00. The first-order valence-corrected chi connectivity index (χ1v) is 13.5. The van der Waals surface area contributed by atoms with E-state index in [4.69, 9.17) is 9.97 Å². The fourth-order valence-corrected chi connectivity index (χ4v) is 5.24. The fourth-order valence-electron chi connectivity index (χ4n) is 5.24. The van der Waals surface area contributed by atoms with Crippen molar-refractivity contribution in [2.24, 2.45) is 0 Å². The van der Waals surface area contributed by atoms with Crippen LogP contribution in [0.4, 0.5) is 5.69 Å². The summed E-state index contributed by atoms with van der Waals surface area (Å²) < 4.78 is 0. The molecule has 0 bridgehead atoms. The highest BCUT2D eigenvalue weighted by Crippen LogP contribution is 2.31. The Bertz CT molecular complexity index is 1770. The molecule has 1 aliphatic rings. The summed E-state index contributed by atoms with van der Waals surface area (Å²) >= 11 is 0. The summed E-state index contributed by atoms with van der Waals surface area (Å²) in [6, 6.07) is 14.6. The average molecular weight is 531 g/mol. The van der Waals surface area contributed by atoms with Gasteiger partial charge in [-0.1, -0.05) is 30.3 Å². The van der Waals surface area contributed by atoms with Crippen LogP contribution in [0.2, 0.25) is 0 Å². The van der Waals surface area contributed by atoms with Crippen molar-refractivity contribution < 1.29 is 0 Å². The van der Waals surface area contributed by atoms with Crippen LogP contribution in [0.15, 0.2) is 73.4 Å². The van der Waals surface area contributed by atoms with Crippen molar-refractivity contribution in [2.45, 2.75) is 13.1 Å².